The Kier molecular flexibility index (Phi) is 3.68. The summed E-state index contributed by atoms with van der Waals surface area (Å²) in [6.45, 7) is 2.21. The maximum Gasteiger partial charge on any atom is 0.335 e. The summed E-state index contributed by atoms with van der Waals surface area (Å²) in [5.74, 6) is 0.817. The molecule has 2 saturated carbocycles. The molecule has 4 nitrogen and oxygen atoms in total. The first-order chi connectivity index (χ1) is 12.9. The van der Waals surface area contributed by atoms with Gasteiger partial charge in [0.25, 0.3) is 0 Å². The molecule has 2 fully saturated rings. The highest BCUT2D eigenvalue weighted by Gasteiger charge is 2.65. The first kappa shape index (κ1) is 17.2. The molecule has 5 atom stereocenters. The monoisotopic (exact) mass is 366 g/mol. The molecule has 0 radical (unpaired) electrons. The van der Waals surface area contributed by atoms with Gasteiger partial charge in [-0.3, -0.25) is 4.79 Å². The van der Waals surface area contributed by atoms with Crippen molar-refractivity contribution in [1.82, 2.24) is 0 Å². The quantitative estimate of drug-likeness (QED) is 0.818. The molecule has 0 aliphatic heterocycles. The van der Waals surface area contributed by atoms with E-state index in [1.54, 1.807) is 12.3 Å². The van der Waals surface area contributed by atoms with E-state index in [9.17, 15) is 14.7 Å². The lowest BCUT2D eigenvalue weighted by atomic mass is 9.54. The van der Waals surface area contributed by atoms with Crippen molar-refractivity contribution < 1.29 is 14.3 Å². The first-order valence-electron chi connectivity index (χ1n) is 10.2. The summed E-state index contributed by atoms with van der Waals surface area (Å²) in [6, 6.07) is 3.34. The van der Waals surface area contributed by atoms with Crippen LogP contribution in [0, 0.1) is 17.3 Å². The van der Waals surface area contributed by atoms with E-state index in [-0.39, 0.29) is 28.7 Å². The van der Waals surface area contributed by atoms with Crippen LogP contribution < -0.4 is 5.63 Å². The lowest BCUT2D eigenvalue weighted by Gasteiger charge is -2.53. The molecular weight excluding hydrogens is 340 g/mol. The SMILES string of the molecule is C[C@]12CC[C@@H]3C4=C(C[C@H]3[C@@]1(O)CC[C@@H]2c1ccc(=O)oc1)C(=O)C=CCC4. The Bertz CT molecular complexity index is 902. The maximum absolute atomic E-state index is 12.6. The second-order valence-electron chi connectivity index (χ2n) is 9.09. The summed E-state index contributed by atoms with van der Waals surface area (Å²) in [4.78, 5) is 23.9. The van der Waals surface area contributed by atoms with Crippen molar-refractivity contribution in [3.63, 3.8) is 0 Å². The van der Waals surface area contributed by atoms with Crippen LogP contribution in [0.1, 0.15) is 63.4 Å². The molecular formula is C23H26O4. The Labute approximate surface area is 159 Å². The van der Waals surface area contributed by atoms with Gasteiger partial charge in [-0.15, -0.1) is 0 Å². The smallest absolute Gasteiger partial charge is 0.335 e. The molecule has 0 unspecified atom stereocenters. The fraction of sp³-hybridized carbons (Fsp3) is 0.565. The molecule has 1 aromatic rings. The van der Waals surface area contributed by atoms with Gasteiger partial charge in [-0.2, -0.15) is 0 Å². The van der Waals surface area contributed by atoms with E-state index < -0.39 is 5.60 Å². The van der Waals surface area contributed by atoms with Gasteiger partial charge in [0, 0.05) is 11.5 Å². The lowest BCUT2D eigenvalue weighted by molar-refractivity contribution is -0.141. The van der Waals surface area contributed by atoms with E-state index in [1.165, 1.54) is 11.6 Å². The average molecular weight is 366 g/mol. The van der Waals surface area contributed by atoms with E-state index in [2.05, 4.69) is 6.92 Å². The largest absolute Gasteiger partial charge is 0.431 e. The molecule has 4 aliphatic carbocycles. The fourth-order valence-corrected chi connectivity index (χ4v) is 6.79. The number of ketones is 1. The third-order valence-electron chi connectivity index (χ3n) is 8.18. The van der Waals surface area contributed by atoms with Crippen LogP contribution in [-0.2, 0) is 4.79 Å². The minimum atomic E-state index is -0.771. The van der Waals surface area contributed by atoms with Crippen molar-refractivity contribution in [2.45, 2.75) is 63.4 Å². The predicted octanol–water partition coefficient (Wildman–Crippen LogP) is 3.90. The van der Waals surface area contributed by atoms with Crippen molar-refractivity contribution in [3.05, 3.63) is 57.7 Å². The molecule has 1 N–H and O–H groups in total. The van der Waals surface area contributed by atoms with Gasteiger partial charge in [-0.25, -0.2) is 4.79 Å². The number of aliphatic hydroxyl groups is 1. The zero-order valence-corrected chi connectivity index (χ0v) is 15.7. The van der Waals surface area contributed by atoms with Crippen molar-refractivity contribution in [1.29, 1.82) is 0 Å². The zero-order valence-electron chi connectivity index (χ0n) is 15.7. The Balaban J connectivity index is 1.51. The number of hydrogen-bond donors (Lipinski definition) is 1. The summed E-state index contributed by atoms with van der Waals surface area (Å²) in [5, 5.41) is 12.0. The van der Waals surface area contributed by atoms with Crippen LogP contribution >= 0.6 is 0 Å². The second kappa shape index (κ2) is 5.78. The predicted molar refractivity (Wildman–Crippen MR) is 101 cm³/mol. The van der Waals surface area contributed by atoms with Gasteiger partial charge in [-0.1, -0.05) is 18.6 Å². The molecule has 0 spiro atoms. The molecule has 0 aromatic carbocycles. The van der Waals surface area contributed by atoms with Gasteiger partial charge in [0.2, 0.25) is 0 Å². The Morgan fingerprint density at radius 1 is 1.19 bits per heavy atom. The summed E-state index contributed by atoms with van der Waals surface area (Å²) in [7, 11) is 0. The van der Waals surface area contributed by atoms with Crippen LogP contribution in [0.5, 0.6) is 0 Å². The third kappa shape index (κ3) is 2.25. The van der Waals surface area contributed by atoms with Gasteiger partial charge in [0.1, 0.15) is 0 Å². The molecule has 1 heterocycles. The van der Waals surface area contributed by atoms with Crippen LogP contribution in [0.25, 0.3) is 0 Å². The highest BCUT2D eigenvalue weighted by atomic mass is 16.4. The first-order valence-corrected chi connectivity index (χ1v) is 10.2. The van der Waals surface area contributed by atoms with Gasteiger partial charge < -0.3 is 9.52 Å². The summed E-state index contributed by atoms with van der Waals surface area (Å²) in [5.41, 5.74) is 1.95. The van der Waals surface area contributed by atoms with Crippen LogP contribution in [-0.4, -0.2) is 16.5 Å². The van der Waals surface area contributed by atoms with E-state index in [1.807, 2.05) is 12.1 Å². The van der Waals surface area contributed by atoms with Gasteiger partial charge >= 0.3 is 5.63 Å². The average Bonchev–Trinajstić information content (AvgIpc) is 3.09. The molecule has 1 aromatic heterocycles. The standard InChI is InChI=1S/C23H26O4/c1-22-10-8-16-15-4-2-3-5-20(24)17(15)12-19(16)23(22,26)11-9-18(22)14-6-7-21(25)27-13-14/h3,5-7,13,16,18-19,26H,2,4,8-12H2,1H3/t16-,18-,19-,22-,23+/m1/s1. The Morgan fingerprint density at radius 3 is 2.81 bits per heavy atom. The van der Waals surface area contributed by atoms with Crippen LogP contribution in [0.15, 0.2) is 50.9 Å². The second-order valence-corrected chi connectivity index (χ2v) is 9.09. The topological polar surface area (TPSA) is 67.5 Å². The molecule has 142 valence electrons. The number of carbonyl (C=O) groups excluding carboxylic acids is 1. The minimum absolute atomic E-state index is 0.137. The maximum atomic E-state index is 12.6. The van der Waals surface area contributed by atoms with Crippen LogP contribution in [0.3, 0.4) is 0 Å². The number of carbonyl (C=O) groups is 1. The van der Waals surface area contributed by atoms with Crippen molar-refractivity contribution >= 4 is 5.78 Å². The summed E-state index contributed by atoms with van der Waals surface area (Å²) in [6.07, 6.45) is 11.5. The normalized spacial score (nSPS) is 40.5. The Hall–Kier alpha value is -1.94. The molecule has 0 bridgehead atoms. The number of fused-ring (bicyclic) bond motifs is 4. The van der Waals surface area contributed by atoms with Gasteiger partial charge in [0.05, 0.1) is 11.9 Å². The van der Waals surface area contributed by atoms with E-state index in [0.29, 0.717) is 12.3 Å². The molecule has 0 amide bonds. The van der Waals surface area contributed by atoms with E-state index >= 15 is 0 Å². The summed E-state index contributed by atoms with van der Waals surface area (Å²) < 4.78 is 5.12. The highest BCUT2D eigenvalue weighted by molar-refractivity contribution is 6.05. The molecule has 0 saturated heterocycles. The van der Waals surface area contributed by atoms with E-state index in [4.69, 9.17) is 4.42 Å². The van der Waals surface area contributed by atoms with E-state index in [0.717, 1.165) is 49.7 Å². The molecule has 27 heavy (non-hydrogen) atoms. The Morgan fingerprint density at radius 2 is 2.04 bits per heavy atom. The zero-order chi connectivity index (χ0) is 18.8. The summed E-state index contributed by atoms with van der Waals surface area (Å²) >= 11 is 0. The molecule has 5 rings (SSSR count). The van der Waals surface area contributed by atoms with Crippen LogP contribution in [0.2, 0.25) is 0 Å². The van der Waals surface area contributed by atoms with Gasteiger partial charge in [-0.05, 0) is 86.0 Å². The fourth-order valence-electron chi connectivity index (χ4n) is 6.79. The number of hydrogen-bond acceptors (Lipinski definition) is 4. The highest BCUT2D eigenvalue weighted by Crippen LogP contribution is 2.68. The molecule has 4 heteroatoms. The van der Waals surface area contributed by atoms with Crippen molar-refractivity contribution in [3.8, 4) is 0 Å². The van der Waals surface area contributed by atoms with Crippen molar-refractivity contribution in [2.75, 3.05) is 0 Å². The lowest BCUT2D eigenvalue weighted by Crippen LogP contribution is -2.55. The van der Waals surface area contributed by atoms with Crippen LogP contribution in [0.4, 0.5) is 0 Å². The van der Waals surface area contributed by atoms with Crippen molar-refractivity contribution in [2.24, 2.45) is 17.3 Å². The van der Waals surface area contributed by atoms with Gasteiger partial charge in [0.15, 0.2) is 5.78 Å². The number of rotatable bonds is 1. The third-order valence-corrected chi connectivity index (χ3v) is 8.18. The number of allylic oxidation sites excluding steroid dienone is 4. The minimum Gasteiger partial charge on any atom is -0.431 e. The molecule has 4 aliphatic rings.